The lowest BCUT2D eigenvalue weighted by atomic mass is 9.79. The Balaban J connectivity index is 1.83. The summed E-state index contributed by atoms with van der Waals surface area (Å²) in [4.78, 5) is 36.9. The van der Waals surface area contributed by atoms with Crippen molar-refractivity contribution in [1.82, 2.24) is 14.5 Å². The molecule has 1 aromatic heterocycles. The molecule has 0 fully saturated rings. The lowest BCUT2D eigenvalue weighted by molar-refractivity contribution is -0.194. The first kappa shape index (κ1) is 31.3. The second kappa shape index (κ2) is 12.9. The summed E-state index contributed by atoms with van der Waals surface area (Å²) >= 11 is 0. The van der Waals surface area contributed by atoms with Gasteiger partial charge in [0.25, 0.3) is 0 Å². The summed E-state index contributed by atoms with van der Waals surface area (Å²) in [5, 5.41) is 0. The molecule has 5 rings (SSSR count). The van der Waals surface area contributed by atoms with Crippen LogP contribution in [-0.4, -0.2) is 61.4 Å². The van der Waals surface area contributed by atoms with Crippen molar-refractivity contribution in [3.05, 3.63) is 112 Å². The Kier molecular flexibility index (Phi) is 8.97. The number of fused-ring (bicyclic) bond motifs is 1. The normalized spacial score (nSPS) is 20.5. The molecule has 0 saturated heterocycles. The molecule has 230 valence electrons. The number of ketones is 1. The van der Waals surface area contributed by atoms with Crippen LogP contribution in [0.1, 0.15) is 45.1 Å². The maximum atomic E-state index is 14.8. The minimum atomic E-state index is -2.11. The van der Waals surface area contributed by atoms with Gasteiger partial charge in [0.05, 0.1) is 19.2 Å². The van der Waals surface area contributed by atoms with E-state index in [1.807, 2.05) is 79.8 Å². The predicted octanol–water partition coefficient (Wildman–Crippen LogP) is 3.89. The fourth-order valence-electron chi connectivity index (χ4n) is 6.07. The average Bonchev–Trinajstić information content (AvgIpc) is 3.04. The Bertz CT molecular complexity index is 1790. The summed E-state index contributed by atoms with van der Waals surface area (Å²) in [6.45, 7) is 2.07. The number of hydrogen-bond donors (Lipinski definition) is 2. The fourth-order valence-corrected chi connectivity index (χ4v) is 6.07. The Morgan fingerprint density at radius 2 is 1.64 bits per heavy atom. The number of likely N-dealkylation sites (N-methyl/N-ethyl adjacent to an activating group) is 1. The van der Waals surface area contributed by atoms with E-state index < -0.39 is 23.6 Å². The zero-order valence-electron chi connectivity index (χ0n) is 25.7. The number of nitrogens with zero attached hydrogens (tertiary/aromatic N) is 3. The van der Waals surface area contributed by atoms with Crippen LogP contribution in [0, 0.1) is 11.8 Å². The molecule has 0 saturated carbocycles. The van der Waals surface area contributed by atoms with E-state index in [0.29, 0.717) is 28.9 Å². The molecule has 4 N–H and O–H groups in total. The van der Waals surface area contributed by atoms with E-state index in [2.05, 4.69) is 21.8 Å². The number of hydrogen-bond acceptors (Lipinski definition) is 9. The molecule has 1 aliphatic rings. The summed E-state index contributed by atoms with van der Waals surface area (Å²) in [6.07, 6.45) is 0.578. The van der Waals surface area contributed by atoms with E-state index in [0.717, 1.165) is 11.1 Å². The van der Waals surface area contributed by atoms with Crippen molar-refractivity contribution in [1.29, 1.82) is 0 Å². The number of rotatable bonds is 8. The molecule has 4 aromatic rings. The van der Waals surface area contributed by atoms with Gasteiger partial charge in [-0.1, -0.05) is 60.4 Å². The van der Waals surface area contributed by atoms with Crippen molar-refractivity contribution < 1.29 is 23.8 Å². The van der Waals surface area contributed by atoms with Gasteiger partial charge in [0, 0.05) is 55.2 Å². The number of methoxy groups -OCH3 is 2. The second-order valence-electron chi connectivity index (χ2n) is 10.9. The van der Waals surface area contributed by atoms with Crippen molar-refractivity contribution in [3.8, 4) is 11.8 Å². The lowest BCUT2D eigenvalue weighted by Crippen LogP contribution is -2.74. The third-order valence-electron chi connectivity index (χ3n) is 8.08. The summed E-state index contributed by atoms with van der Waals surface area (Å²) in [5.41, 5.74) is 14.4. The zero-order chi connectivity index (χ0) is 32.2. The lowest BCUT2D eigenvalue weighted by Gasteiger charge is -2.50. The van der Waals surface area contributed by atoms with E-state index in [1.54, 1.807) is 6.92 Å². The van der Waals surface area contributed by atoms with Crippen LogP contribution in [0.15, 0.2) is 79.0 Å². The molecule has 1 aliphatic heterocycles. The number of anilines is 2. The van der Waals surface area contributed by atoms with Crippen molar-refractivity contribution in [2.75, 3.05) is 39.3 Å². The van der Waals surface area contributed by atoms with Gasteiger partial charge in [-0.05, 0) is 30.7 Å². The third kappa shape index (κ3) is 5.77. The second-order valence-corrected chi connectivity index (χ2v) is 10.9. The maximum absolute atomic E-state index is 14.8. The number of esters is 1. The Morgan fingerprint density at radius 1 is 0.978 bits per heavy atom. The van der Waals surface area contributed by atoms with E-state index in [1.165, 1.54) is 20.4 Å². The van der Waals surface area contributed by atoms with Gasteiger partial charge in [0.2, 0.25) is 18.0 Å². The number of nitrogens with two attached hydrogens (primary N) is 2. The Hall–Kier alpha value is -5.08. The van der Waals surface area contributed by atoms with Crippen LogP contribution in [0.2, 0.25) is 0 Å². The van der Waals surface area contributed by atoms with Crippen molar-refractivity contribution in [2.45, 2.75) is 31.7 Å². The van der Waals surface area contributed by atoms with Crippen LogP contribution in [0.4, 0.5) is 17.5 Å². The van der Waals surface area contributed by atoms with Crippen LogP contribution < -0.4 is 16.0 Å². The first-order valence-corrected chi connectivity index (χ1v) is 14.5. The Morgan fingerprint density at radius 3 is 2.27 bits per heavy atom. The molecule has 0 radical (unpaired) electrons. The number of carbonyl (C=O) groups excluding carboxylic acids is 2. The highest BCUT2D eigenvalue weighted by Gasteiger charge is 2.68. The van der Waals surface area contributed by atoms with Gasteiger partial charge in [-0.3, -0.25) is 9.28 Å². The highest BCUT2D eigenvalue weighted by molar-refractivity contribution is 6.20. The molecule has 10 nitrogen and oxygen atoms in total. The first-order valence-electron chi connectivity index (χ1n) is 14.5. The monoisotopic (exact) mass is 606 g/mol. The summed E-state index contributed by atoms with van der Waals surface area (Å²) in [7, 11) is 4.70. The van der Waals surface area contributed by atoms with Crippen LogP contribution in [0.25, 0.3) is 0 Å². The van der Waals surface area contributed by atoms with Crippen molar-refractivity contribution in [3.63, 3.8) is 0 Å². The number of quaternary nitrogens is 1. The van der Waals surface area contributed by atoms with Crippen LogP contribution in [0.5, 0.6) is 0 Å². The molecular weight excluding hydrogens is 570 g/mol. The highest BCUT2D eigenvalue weighted by Crippen LogP contribution is 2.46. The van der Waals surface area contributed by atoms with E-state index in [4.69, 9.17) is 25.7 Å². The number of nitrogen functional groups attached to an aromatic ring is 2. The van der Waals surface area contributed by atoms with Gasteiger partial charge in [-0.2, -0.15) is 4.98 Å². The fraction of sp³-hybridized carbons (Fsp3) is 0.257. The minimum absolute atomic E-state index is 0.0319. The molecule has 0 spiro atoms. The SMILES string of the molecule is CCOC(=O)C1(OC)C(=O)c2c(Cc3cnc(N)nc3N)cc(C#Cc3ccccc3)cc2[N+](C)(Cc2ccccc2)C1OC. The van der Waals surface area contributed by atoms with Gasteiger partial charge in [-0.15, -0.1) is 0 Å². The highest BCUT2D eigenvalue weighted by atomic mass is 16.6. The topological polar surface area (TPSA) is 140 Å². The van der Waals surface area contributed by atoms with Gasteiger partial charge in [-0.25, -0.2) is 9.78 Å². The third-order valence-corrected chi connectivity index (χ3v) is 8.08. The molecule has 3 atom stereocenters. The number of carbonyl (C=O) groups is 2. The summed E-state index contributed by atoms with van der Waals surface area (Å²) in [6, 6.07) is 23.1. The molecule has 10 heteroatoms. The molecule has 45 heavy (non-hydrogen) atoms. The smallest absolute Gasteiger partial charge is 0.356 e. The minimum Gasteiger partial charge on any atom is -0.463 e. The molecule has 0 bridgehead atoms. The number of ether oxygens (including phenoxy) is 3. The number of aromatic nitrogens is 2. The van der Waals surface area contributed by atoms with E-state index >= 15 is 0 Å². The van der Waals surface area contributed by atoms with Crippen molar-refractivity contribution in [2.24, 2.45) is 0 Å². The number of benzene rings is 3. The predicted molar refractivity (Wildman–Crippen MR) is 172 cm³/mol. The van der Waals surface area contributed by atoms with Gasteiger partial charge in [0.1, 0.15) is 18.1 Å². The average molecular weight is 607 g/mol. The molecule has 2 heterocycles. The standard InChI is InChI=1S/C35H36N5O5/c1-5-45-33(42)35(44-4)30(41)29-26(20-27-21-38-34(37)39-31(27)36)18-25(17-16-23-12-8-6-9-13-23)19-28(29)40(2,32(35)43-3)22-24-14-10-7-11-15-24/h6-15,18-19,21,32H,5,20,22H2,1-4H3,(H4,36,37,38,39)/q+1. The molecule has 3 aromatic carbocycles. The van der Waals surface area contributed by atoms with Crippen LogP contribution in [-0.2, 0) is 32.0 Å². The van der Waals surface area contributed by atoms with Gasteiger partial charge >= 0.3 is 11.6 Å². The van der Waals surface area contributed by atoms with E-state index in [-0.39, 0.29) is 34.8 Å². The quantitative estimate of drug-likeness (QED) is 0.132. The summed E-state index contributed by atoms with van der Waals surface area (Å²) in [5.74, 6) is 5.29. The zero-order valence-corrected chi connectivity index (χ0v) is 25.7. The molecule has 0 amide bonds. The van der Waals surface area contributed by atoms with E-state index in [9.17, 15) is 9.59 Å². The first-order chi connectivity index (χ1) is 21.7. The Labute approximate surface area is 262 Å². The van der Waals surface area contributed by atoms with Crippen LogP contribution in [0.3, 0.4) is 0 Å². The largest absolute Gasteiger partial charge is 0.463 e. The van der Waals surface area contributed by atoms with Crippen molar-refractivity contribution >= 4 is 29.2 Å². The maximum Gasteiger partial charge on any atom is 0.356 e. The molecule has 3 unspecified atom stereocenters. The van der Waals surface area contributed by atoms with Crippen LogP contribution >= 0.6 is 0 Å². The summed E-state index contributed by atoms with van der Waals surface area (Å²) < 4.78 is 17.5. The molecule has 0 aliphatic carbocycles. The van der Waals surface area contributed by atoms with Gasteiger partial charge in [0.15, 0.2) is 0 Å². The number of Topliss-reactive ketones (excluding diaryl/α,β-unsaturated/α-hetero) is 1. The molecular formula is C35H36N5O5+. The van der Waals surface area contributed by atoms with Gasteiger partial charge < -0.3 is 25.7 Å².